The third-order valence-corrected chi connectivity index (χ3v) is 6.49. The second-order valence-electron chi connectivity index (χ2n) is 8.28. The molecule has 31 heavy (non-hydrogen) atoms. The van der Waals surface area contributed by atoms with Crippen molar-refractivity contribution >= 4 is 18.0 Å². The molecule has 1 saturated carbocycles. The van der Waals surface area contributed by atoms with Gasteiger partial charge in [-0.2, -0.15) is 10.1 Å². The van der Waals surface area contributed by atoms with E-state index in [0.717, 1.165) is 34.1 Å². The average Bonchev–Trinajstić information content (AvgIpc) is 3.56. The van der Waals surface area contributed by atoms with Crippen LogP contribution in [0.2, 0.25) is 0 Å². The van der Waals surface area contributed by atoms with Crippen molar-refractivity contribution in [3.63, 3.8) is 0 Å². The van der Waals surface area contributed by atoms with Crippen LogP contribution in [0.4, 0.5) is 0 Å². The second kappa shape index (κ2) is 6.97. The number of hydrogen-bond acceptors (Lipinski definition) is 6. The van der Waals surface area contributed by atoms with Crippen LogP contribution in [0.25, 0.3) is 0 Å². The highest BCUT2D eigenvalue weighted by atomic mass is 16.7. The van der Waals surface area contributed by atoms with E-state index in [4.69, 9.17) is 14.2 Å². The Bertz CT molecular complexity index is 1090. The highest BCUT2D eigenvalue weighted by molar-refractivity contribution is 6.06. The molecule has 2 aromatic rings. The lowest BCUT2D eigenvalue weighted by molar-refractivity contribution is -0.140. The quantitative estimate of drug-likeness (QED) is 0.425. The summed E-state index contributed by atoms with van der Waals surface area (Å²) in [7, 11) is 0. The zero-order valence-corrected chi connectivity index (χ0v) is 16.6. The Kier molecular flexibility index (Phi) is 4.09. The van der Waals surface area contributed by atoms with Gasteiger partial charge in [-0.1, -0.05) is 18.2 Å². The molecular weight excluding hydrogens is 396 g/mol. The van der Waals surface area contributed by atoms with Crippen molar-refractivity contribution in [3.05, 3.63) is 65.7 Å². The van der Waals surface area contributed by atoms with Gasteiger partial charge in [0.2, 0.25) is 6.79 Å². The van der Waals surface area contributed by atoms with Crippen LogP contribution in [-0.4, -0.2) is 29.8 Å². The third kappa shape index (κ3) is 3.00. The largest absolute Gasteiger partial charge is 0.489 e. The van der Waals surface area contributed by atoms with E-state index in [0.29, 0.717) is 12.4 Å². The van der Waals surface area contributed by atoms with Crippen LogP contribution in [0.1, 0.15) is 17.5 Å². The topological polar surface area (TPSA) is 77.4 Å². The Morgan fingerprint density at radius 3 is 2.42 bits per heavy atom. The summed E-state index contributed by atoms with van der Waals surface area (Å²) in [5.41, 5.74) is 1.77. The van der Waals surface area contributed by atoms with E-state index < -0.39 is 0 Å². The molecule has 2 aromatic carbocycles. The molecule has 0 aromatic heterocycles. The van der Waals surface area contributed by atoms with Crippen LogP contribution >= 0.6 is 0 Å². The van der Waals surface area contributed by atoms with E-state index in [1.807, 2.05) is 42.5 Å². The highest BCUT2D eigenvalue weighted by Crippen LogP contribution is 2.52. The zero-order valence-electron chi connectivity index (χ0n) is 16.6. The van der Waals surface area contributed by atoms with Gasteiger partial charge in [-0.25, -0.2) is 0 Å². The number of allylic oxidation sites excluding steroid dienone is 2. The average molecular weight is 416 g/mol. The van der Waals surface area contributed by atoms with Crippen molar-refractivity contribution in [2.45, 2.75) is 13.0 Å². The third-order valence-electron chi connectivity index (χ3n) is 6.49. The van der Waals surface area contributed by atoms with E-state index >= 15 is 0 Å². The van der Waals surface area contributed by atoms with Gasteiger partial charge in [-0.05, 0) is 65.8 Å². The van der Waals surface area contributed by atoms with E-state index in [9.17, 15) is 9.59 Å². The standard InChI is InChI=1S/C24H20N2O5/c27-23-21-16-4-5-17(10-16)22(21)24(28)26(23)25-11-14-1-6-18(7-2-14)29-12-15-3-8-19-20(9-15)31-13-30-19/h1-9,11,16-17,21-22H,10,12-13H2/t16-,17-,21-,22+/m0/s1. The molecule has 156 valence electrons. The number of benzene rings is 2. The van der Waals surface area contributed by atoms with E-state index in [-0.39, 0.29) is 42.3 Å². The number of amides is 2. The molecule has 7 heteroatoms. The van der Waals surface area contributed by atoms with Crippen molar-refractivity contribution in [2.75, 3.05) is 6.79 Å². The fourth-order valence-electron chi connectivity index (χ4n) is 4.97. The van der Waals surface area contributed by atoms with Gasteiger partial charge in [0.25, 0.3) is 11.8 Å². The van der Waals surface area contributed by atoms with Gasteiger partial charge < -0.3 is 14.2 Å². The molecule has 0 spiro atoms. The number of ether oxygens (including phenoxy) is 3. The van der Waals surface area contributed by atoms with Crippen molar-refractivity contribution in [2.24, 2.45) is 28.8 Å². The minimum Gasteiger partial charge on any atom is -0.489 e. The molecular formula is C24H20N2O5. The van der Waals surface area contributed by atoms with Gasteiger partial charge in [0.1, 0.15) is 12.4 Å². The minimum absolute atomic E-state index is 0.174. The van der Waals surface area contributed by atoms with Crippen LogP contribution in [0.3, 0.4) is 0 Å². The predicted octanol–water partition coefficient (Wildman–Crippen LogP) is 3.14. The number of rotatable bonds is 5. The molecule has 6 rings (SSSR count). The van der Waals surface area contributed by atoms with Gasteiger partial charge in [0.05, 0.1) is 18.1 Å². The molecule has 7 nitrogen and oxygen atoms in total. The Morgan fingerprint density at radius 2 is 1.68 bits per heavy atom. The summed E-state index contributed by atoms with van der Waals surface area (Å²) in [4.78, 5) is 25.3. The summed E-state index contributed by atoms with van der Waals surface area (Å²) in [5, 5.41) is 5.27. The number of imide groups is 1. The normalized spacial score (nSPS) is 27.5. The first-order valence-corrected chi connectivity index (χ1v) is 10.4. The number of hydrazone groups is 1. The van der Waals surface area contributed by atoms with Gasteiger partial charge in [-0.3, -0.25) is 9.59 Å². The van der Waals surface area contributed by atoms with Crippen LogP contribution < -0.4 is 14.2 Å². The van der Waals surface area contributed by atoms with Crippen molar-refractivity contribution in [1.82, 2.24) is 5.01 Å². The molecule has 2 heterocycles. The molecule has 4 atom stereocenters. The molecule has 2 amide bonds. The van der Waals surface area contributed by atoms with Gasteiger partial charge in [-0.15, -0.1) is 0 Å². The molecule has 2 fully saturated rings. The first-order valence-electron chi connectivity index (χ1n) is 10.4. The summed E-state index contributed by atoms with van der Waals surface area (Å²) >= 11 is 0. The van der Waals surface area contributed by atoms with Crippen LogP contribution in [-0.2, 0) is 16.2 Å². The molecule has 4 aliphatic rings. The fraction of sp³-hybridized carbons (Fsp3) is 0.292. The van der Waals surface area contributed by atoms with Gasteiger partial charge in [0.15, 0.2) is 11.5 Å². The predicted molar refractivity (Wildman–Crippen MR) is 111 cm³/mol. The zero-order chi connectivity index (χ0) is 20.9. The Morgan fingerprint density at radius 1 is 0.968 bits per heavy atom. The Balaban J connectivity index is 1.09. The lowest BCUT2D eigenvalue weighted by Crippen LogP contribution is -2.28. The van der Waals surface area contributed by atoms with Gasteiger partial charge >= 0.3 is 0 Å². The maximum atomic E-state index is 12.7. The molecule has 0 N–H and O–H groups in total. The summed E-state index contributed by atoms with van der Waals surface area (Å²) in [6, 6.07) is 13.1. The number of nitrogens with zero attached hydrogens (tertiary/aromatic N) is 2. The highest BCUT2D eigenvalue weighted by Gasteiger charge is 2.59. The van der Waals surface area contributed by atoms with Crippen LogP contribution in [0.15, 0.2) is 59.7 Å². The Hall–Kier alpha value is -3.61. The van der Waals surface area contributed by atoms with Crippen molar-refractivity contribution in [3.8, 4) is 17.2 Å². The summed E-state index contributed by atoms with van der Waals surface area (Å²) in [5.74, 6) is 1.75. The first kappa shape index (κ1) is 18.2. The lowest BCUT2D eigenvalue weighted by atomic mass is 9.85. The monoisotopic (exact) mass is 416 g/mol. The van der Waals surface area contributed by atoms with E-state index in [1.54, 1.807) is 6.21 Å². The van der Waals surface area contributed by atoms with E-state index in [1.165, 1.54) is 0 Å². The van der Waals surface area contributed by atoms with Crippen molar-refractivity contribution in [1.29, 1.82) is 0 Å². The van der Waals surface area contributed by atoms with Gasteiger partial charge in [0, 0.05) is 0 Å². The number of carbonyl (C=O) groups excluding carboxylic acids is 2. The van der Waals surface area contributed by atoms with Crippen molar-refractivity contribution < 1.29 is 23.8 Å². The maximum absolute atomic E-state index is 12.7. The SMILES string of the molecule is O=C1[C@@H]2[C@H](C(=O)N1N=Cc1ccc(OCc3ccc4c(c3)OCO4)cc1)[C@H]1C=C[C@H]2C1. The minimum atomic E-state index is -0.230. The number of carbonyl (C=O) groups is 2. The molecule has 0 unspecified atom stereocenters. The number of hydrogen-bond donors (Lipinski definition) is 0. The van der Waals surface area contributed by atoms with E-state index in [2.05, 4.69) is 17.3 Å². The molecule has 1 saturated heterocycles. The molecule has 0 radical (unpaired) electrons. The molecule has 2 bridgehead atoms. The summed E-state index contributed by atoms with van der Waals surface area (Å²) < 4.78 is 16.5. The molecule has 2 aliphatic carbocycles. The second-order valence-corrected chi connectivity index (χ2v) is 8.28. The fourth-order valence-corrected chi connectivity index (χ4v) is 4.97. The first-order chi connectivity index (χ1) is 15.2. The summed E-state index contributed by atoms with van der Waals surface area (Å²) in [6.07, 6.45) is 6.62. The lowest BCUT2D eigenvalue weighted by Gasteiger charge is -2.13. The maximum Gasteiger partial charge on any atom is 0.254 e. The van der Waals surface area contributed by atoms with Crippen LogP contribution in [0.5, 0.6) is 17.2 Å². The van der Waals surface area contributed by atoms with Crippen LogP contribution in [0, 0.1) is 23.7 Å². The smallest absolute Gasteiger partial charge is 0.254 e. The molecule has 2 aliphatic heterocycles. The summed E-state index contributed by atoms with van der Waals surface area (Å²) in [6.45, 7) is 0.649. The Labute approximate surface area is 178 Å². The number of fused-ring (bicyclic) bond motifs is 6.